The van der Waals surface area contributed by atoms with Crippen molar-refractivity contribution in [2.24, 2.45) is 13.0 Å². The summed E-state index contributed by atoms with van der Waals surface area (Å²) in [7, 11) is 1.85. The number of carboxylic acid groups (broad SMARTS) is 1. The lowest BCUT2D eigenvalue weighted by Crippen LogP contribution is -2.29. The molecule has 3 heterocycles. The molecule has 1 unspecified atom stereocenters. The molecule has 0 saturated heterocycles. The molecule has 3 aromatic rings. The quantitative estimate of drug-likeness (QED) is 0.518. The van der Waals surface area contributed by atoms with Crippen molar-refractivity contribution in [1.29, 1.82) is 0 Å². The Kier molecular flexibility index (Phi) is 7.00. The summed E-state index contributed by atoms with van der Waals surface area (Å²) in [5, 5.41) is 21.2. The summed E-state index contributed by atoms with van der Waals surface area (Å²) in [6, 6.07) is 5.71. The summed E-state index contributed by atoms with van der Waals surface area (Å²) < 4.78 is 7.87. The zero-order valence-corrected chi connectivity index (χ0v) is 20.9. The molecule has 35 heavy (non-hydrogen) atoms. The van der Waals surface area contributed by atoms with E-state index in [0.717, 1.165) is 35.7 Å². The van der Waals surface area contributed by atoms with Gasteiger partial charge in [0.1, 0.15) is 23.6 Å². The average molecular weight is 480 g/mol. The van der Waals surface area contributed by atoms with Crippen molar-refractivity contribution in [2.45, 2.75) is 71.4 Å². The van der Waals surface area contributed by atoms with Gasteiger partial charge in [-0.1, -0.05) is 26.0 Å². The standard InChI is InChI=1S/C25H33N7O3/c1-15-20(35-17-8-6-7-16(11-17)24(33)34)10-9-18(29-15)23-19(32(5)31-30-23)13-26-22-12-21(25(2,3)4)27-14-28-22/h9-10,12,14,16-17H,6-8,11,13H2,1-5H3,(H,33,34)(H,26,27,28)/t16?,17-/m0/s1. The lowest BCUT2D eigenvalue weighted by molar-refractivity contribution is -0.143. The Labute approximate surface area is 205 Å². The molecule has 10 nitrogen and oxygen atoms in total. The Morgan fingerprint density at radius 3 is 2.77 bits per heavy atom. The van der Waals surface area contributed by atoms with E-state index < -0.39 is 5.97 Å². The van der Waals surface area contributed by atoms with E-state index in [0.29, 0.717) is 36.5 Å². The van der Waals surface area contributed by atoms with Crippen molar-refractivity contribution in [3.05, 3.63) is 41.6 Å². The van der Waals surface area contributed by atoms with Crippen LogP contribution in [0.3, 0.4) is 0 Å². The molecule has 186 valence electrons. The van der Waals surface area contributed by atoms with E-state index in [9.17, 15) is 9.90 Å². The van der Waals surface area contributed by atoms with Gasteiger partial charge in [-0.3, -0.25) is 4.79 Å². The minimum Gasteiger partial charge on any atom is -0.489 e. The topological polar surface area (TPSA) is 128 Å². The Morgan fingerprint density at radius 1 is 1.26 bits per heavy atom. The monoisotopic (exact) mass is 479 g/mol. The van der Waals surface area contributed by atoms with Crippen LogP contribution in [0.2, 0.25) is 0 Å². The van der Waals surface area contributed by atoms with Crippen molar-refractivity contribution < 1.29 is 14.6 Å². The maximum absolute atomic E-state index is 11.4. The number of hydrogen-bond donors (Lipinski definition) is 2. The van der Waals surface area contributed by atoms with Crippen LogP contribution in [0.25, 0.3) is 11.4 Å². The van der Waals surface area contributed by atoms with Crippen molar-refractivity contribution in [3.8, 4) is 17.1 Å². The fraction of sp³-hybridized carbons (Fsp3) is 0.520. The zero-order valence-electron chi connectivity index (χ0n) is 20.9. The van der Waals surface area contributed by atoms with Gasteiger partial charge in [0.15, 0.2) is 0 Å². The molecule has 1 fully saturated rings. The fourth-order valence-corrected chi connectivity index (χ4v) is 4.27. The predicted molar refractivity (Wildman–Crippen MR) is 131 cm³/mol. The molecular formula is C25H33N7O3. The van der Waals surface area contributed by atoms with Crippen LogP contribution in [-0.2, 0) is 23.8 Å². The van der Waals surface area contributed by atoms with Crippen LogP contribution in [0.15, 0.2) is 24.5 Å². The third kappa shape index (κ3) is 5.75. The van der Waals surface area contributed by atoms with Crippen molar-refractivity contribution in [3.63, 3.8) is 0 Å². The normalized spacial score (nSPS) is 18.3. The van der Waals surface area contributed by atoms with Gasteiger partial charge in [-0.25, -0.2) is 19.6 Å². The SMILES string of the molecule is Cc1nc(-c2nnn(C)c2CNc2cc(C(C)(C)C)ncn2)ccc1O[C@H]1CCCC(C(=O)O)C1. The summed E-state index contributed by atoms with van der Waals surface area (Å²) in [4.78, 5) is 24.8. The number of nitrogens with zero attached hydrogens (tertiary/aromatic N) is 6. The Morgan fingerprint density at radius 2 is 2.06 bits per heavy atom. The van der Waals surface area contributed by atoms with Crippen LogP contribution in [0, 0.1) is 12.8 Å². The molecular weight excluding hydrogens is 446 g/mol. The molecule has 0 amide bonds. The number of pyridine rings is 1. The number of aromatic nitrogens is 6. The van der Waals surface area contributed by atoms with Crippen LogP contribution in [0.5, 0.6) is 5.75 Å². The number of aryl methyl sites for hydroxylation is 2. The van der Waals surface area contributed by atoms with Crippen LogP contribution in [0.1, 0.15) is 63.5 Å². The van der Waals surface area contributed by atoms with Gasteiger partial charge in [0, 0.05) is 18.5 Å². The number of nitrogens with one attached hydrogen (secondary N) is 1. The van der Waals surface area contributed by atoms with Gasteiger partial charge in [-0.2, -0.15) is 0 Å². The number of rotatable bonds is 7. The van der Waals surface area contributed by atoms with E-state index in [-0.39, 0.29) is 17.4 Å². The largest absolute Gasteiger partial charge is 0.489 e. The summed E-state index contributed by atoms with van der Waals surface area (Å²) in [6.45, 7) is 8.70. The van der Waals surface area contributed by atoms with Crippen LogP contribution in [0.4, 0.5) is 5.82 Å². The number of ether oxygens (including phenoxy) is 1. The molecule has 1 aliphatic carbocycles. The van der Waals surface area contributed by atoms with E-state index in [4.69, 9.17) is 9.72 Å². The molecule has 3 aromatic heterocycles. The highest BCUT2D eigenvalue weighted by Crippen LogP contribution is 2.30. The van der Waals surface area contributed by atoms with Crippen molar-refractivity contribution in [1.82, 2.24) is 29.9 Å². The molecule has 0 aromatic carbocycles. The zero-order chi connectivity index (χ0) is 25.2. The highest BCUT2D eigenvalue weighted by Gasteiger charge is 2.28. The second-order valence-electron chi connectivity index (χ2n) is 10.1. The van der Waals surface area contributed by atoms with Gasteiger partial charge in [-0.05, 0) is 44.7 Å². The van der Waals surface area contributed by atoms with Gasteiger partial charge in [0.2, 0.25) is 0 Å². The number of carboxylic acids is 1. The maximum Gasteiger partial charge on any atom is 0.306 e. The number of carbonyl (C=O) groups is 1. The summed E-state index contributed by atoms with van der Waals surface area (Å²) in [5.74, 6) is 0.315. The molecule has 4 rings (SSSR count). The molecule has 0 spiro atoms. The molecule has 0 bridgehead atoms. The smallest absolute Gasteiger partial charge is 0.306 e. The Bertz CT molecular complexity index is 1200. The molecule has 1 aliphatic rings. The van der Waals surface area contributed by atoms with Gasteiger partial charge in [-0.15, -0.1) is 5.10 Å². The van der Waals surface area contributed by atoms with Gasteiger partial charge in [0.05, 0.1) is 41.3 Å². The Hall–Kier alpha value is -3.56. The van der Waals surface area contributed by atoms with Gasteiger partial charge < -0.3 is 15.2 Å². The van der Waals surface area contributed by atoms with Gasteiger partial charge >= 0.3 is 5.97 Å². The third-order valence-corrected chi connectivity index (χ3v) is 6.36. The second-order valence-corrected chi connectivity index (χ2v) is 10.1. The fourth-order valence-electron chi connectivity index (χ4n) is 4.27. The lowest BCUT2D eigenvalue weighted by atomic mass is 9.87. The summed E-state index contributed by atoms with van der Waals surface area (Å²) >= 11 is 0. The minimum absolute atomic E-state index is 0.0734. The Balaban J connectivity index is 1.49. The number of aliphatic carboxylic acids is 1. The lowest BCUT2D eigenvalue weighted by Gasteiger charge is -2.27. The number of anilines is 1. The maximum atomic E-state index is 11.4. The predicted octanol–water partition coefficient (Wildman–Crippen LogP) is 3.91. The summed E-state index contributed by atoms with van der Waals surface area (Å²) in [5.41, 5.74) is 3.87. The van der Waals surface area contributed by atoms with E-state index >= 15 is 0 Å². The first-order chi connectivity index (χ1) is 16.6. The summed E-state index contributed by atoms with van der Waals surface area (Å²) in [6.07, 6.45) is 4.40. The molecule has 0 radical (unpaired) electrons. The molecule has 10 heteroatoms. The van der Waals surface area contributed by atoms with Crippen LogP contribution in [-0.4, -0.2) is 47.1 Å². The number of hydrogen-bond acceptors (Lipinski definition) is 8. The van der Waals surface area contributed by atoms with E-state index in [1.54, 1.807) is 11.0 Å². The van der Waals surface area contributed by atoms with E-state index in [2.05, 4.69) is 46.4 Å². The highest BCUT2D eigenvalue weighted by molar-refractivity contribution is 5.70. The van der Waals surface area contributed by atoms with Crippen LogP contribution >= 0.6 is 0 Å². The molecule has 1 saturated carbocycles. The first-order valence-corrected chi connectivity index (χ1v) is 11.9. The second kappa shape index (κ2) is 9.97. The van der Waals surface area contributed by atoms with Crippen molar-refractivity contribution >= 4 is 11.8 Å². The molecule has 0 aliphatic heterocycles. The van der Waals surface area contributed by atoms with E-state index in [1.165, 1.54) is 0 Å². The highest BCUT2D eigenvalue weighted by atomic mass is 16.5. The molecule has 2 N–H and O–H groups in total. The first-order valence-electron chi connectivity index (χ1n) is 11.9. The average Bonchev–Trinajstić information content (AvgIpc) is 3.19. The third-order valence-electron chi connectivity index (χ3n) is 6.36. The molecule has 2 atom stereocenters. The van der Waals surface area contributed by atoms with Gasteiger partial charge in [0.25, 0.3) is 0 Å². The minimum atomic E-state index is -0.746. The van der Waals surface area contributed by atoms with Crippen molar-refractivity contribution in [2.75, 3.05) is 5.32 Å². The van der Waals surface area contributed by atoms with Crippen LogP contribution < -0.4 is 10.1 Å². The van der Waals surface area contributed by atoms with E-state index in [1.807, 2.05) is 32.2 Å². The first kappa shape index (κ1) is 24.6.